The van der Waals surface area contributed by atoms with Crippen molar-refractivity contribution < 1.29 is 19.1 Å². The first-order valence-electron chi connectivity index (χ1n) is 5.70. The summed E-state index contributed by atoms with van der Waals surface area (Å²) in [6.07, 6.45) is 2.87. The summed E-state index contributed by atoms with van der Waals surface area (Å²) in [5.41, 5.74) is 0. The van der Waals surface area contributed by atoms with Crippen LogP contribution in [0.1, 0.15) is 25.7 Å². The SMILES string of the molecule is COC(=O)C1CCC(=O)N1C1CCCOC1. The number of ether oxygens (including phenoxy) is 2. The number of carbonyl (C=O) groups excluding carboxylic acids is 2. The lowest BCUT2D eigenvalue weighted by molar-refractivity contribution is -0.152. The molecule has 0 bridgehead atoms. The summed E-state index contributed by atoms with van der Waals surface area (Å²) in [5, 5.41) is 0. The third kappa shape index (κ3) is 2.04. The Labute approximate surface area is 94.7 Å². The molecule has 2 fully saturated rings. The fourth-order valence-electron chi connectivity index (χ4n) is 2.47. The van der Waals surface area contributed by atoms with E-state index < -0.39 is 6.04 Å². The summed E-state index contributed by atoms with van der Waals surface area (Å²) >= 11 is 0. The van der Waals surface area contributed by atoms with Crippen LogP contribution in [0, 0.1) is 0 Å². The molecule has 0 aromatic rings. The number of nitrogens with zero attached hydrogens (tertiary/aromatic N) is 1. The second-order valence-corrected chi connectivity index (χ2v) is 4.25. The van der Waals surface area contributed by atoms with E-state index in [1.54, 1.807) is 4.90 Å². The molecule has 2 rings (SSSR count). The van der Waals surface area contributed by atoms with Crippen molar-refractivity contribution >= 4 is 11.9 Å². The van der Waals surface area contributed by atoms with Crippen LogP contribution in [0.15, 0.2) is 0 Å². The first-order chi connectivity index (χ1) is 7.74. The zero-order valence-corrected chi connectivity index (χ0v) is 9.48. The minimum Gasteiger partial charge on any atom is -0.467 e. The molecule has 0 saturated carbocycles. The molecular formula is C11H17NO4. The molecule has 2 aliphatic rings. The highest BCUT2D eigenvalue weighted by Gasteiger charge is 2.41. The van der Waals surface area contributed by atoms with Crippen molar-refractivity contribution in [1.29, 1.82) is 0 Å². The number of hydrogen-bond acceptors (Lipinski definition) is 4. The summed E-state index contributed by atoms with van der Waals surface area (Å²) in [7, 11) is 1.36. The fraction of sp³-hybridized carbons (Fsp3) is 0.818. The molecule has 0 aliphatic carbocycles. The Kier molecular flexibility index (Phi) is 3.43. The highest BCUT2D eigenvalue weighted by Crippen LogP contribution is 2.26. The summed E-state index contributed by atoms with van der Waals surface area (Å²) in [6, 6.07) is -0.350. The van der Waals surface area contributed by atoms with Crippen LogP contribution >= 0.6 is 0 Å². The zero-order valence-electron chi connectivity index (χ0n) is 9.48. The molecule has 2 saturated heterocycles. The van der Waals surface area contributed by atoms with Gasteiger partial charge < -0.3 is 14.4 Å². The topological polar surface area (TPSA) is 55.8 Å². The quantitative estimate of drug-likeness (QED) is 0.638. The Hall–Kier alpha value is -1.10. The molecule has 0 radical (unpaired) electrons. The Bertz CT molecular complexity index is 286. The van der Waals surface area contributed by atoms with E-state index in [0.29, 0.717) is 19.4 Å². The third-order valence-corrected chi connectivity index (χ3v) is 3.26. The van der Waals surface area contributed by atoms with Gasteiger partial charge in [-0.25, -0.2) is 4.79 Å². The van der Waals surface area contributed by atoms with Gasteiger partial charge in [0.2, 0.25) is 5.91 Å². The van der Waals surface area contributed by atoms with Crippen molar-refractivity contribution in [3.63, 3.8) is 0 Å². The van der Waals surface area contributed by atoms with Crippen LogP contribution in [0.25, 0.3) is 0 Å². The van der Waals surface area contributed by atoms with Crippen LogP contribution in [-0.4, -0.2) is 49.2 Å². The molecule has 0 N–H and O–H groups in total. The van der Waals surface area contributed by atoms with Gasteiger partial charge in [-0.2, -0.15) is 0 Å². The van der Waals surface area contributed by atoms with Gasteiger partial charge in [0.1, 0.15) is 6.04 Å². The lowest BCUT2D eigenvalue weighted by Crippen LogP contribution is -2.49. The van der Waals surface area contributed by atoms with Crippen LogP contribution < -0.4 is 0 Å². The van der Waals surface area contributed by atoms with E-state index in [9.17, 15) is 9.59 Å². The zero-order chi connectivity index (χ0) is 11.5. The maximum Gasteiger partial charge on any atom is 0.328 e. The van der Waals surface area contributed by atoms with Crippen LogP contribution in [0.3, 0.4) is 0 Å². The summed E-state index contributed by atoms with van der Waals surface area (Å²) in [4.78, 5) is 25.0. The number of esters is 1. The fourth-order valence-corrected chi connectivity index (χ4v) is 2.47. The van der Waals surface area contributed by atoms with Gasteiger partial charge in [-0.05, 0) is 19.3 Å². The number of carbonyl (C=O) groups is 2. The van der Waals surface area contributed by atoms with Crippen LogP contribution in [0.2, 0.25) is 0 Å². The first-order valence-corrected chi connectivity index (χ1v) is 5.70. The summed E-state index contributed by atoms with van der Waals surface area (Å²) < 4.78 is 10.1. The molecule has 2 unspecified atom stereocenters. The van der Waals surface area contributed by atoms with Crippen molar-refractivity contribution in [3.8, 4) is 0 Å². The molecule has 90 valence electrons. The second-order valence-electron chi connectivity index (χ2n) is 4.25. The molecule has 5 heteroatoms. The number of methoxy groups -OCH3 is 1. The standard InChI is InChI=1S/C11H17NO4/c1-15-11(14)9-4-5-10(13)12(9)8-3-2-6-16-7-8/h8-9H,2-7H2,1H3. The maximum absolute atomic E-state index is 11.8. The highest BCUT2D eigenvalue weighted by atomic mass is 16.5. The predicted molar refractivity (Wildman–Crippen MR) is 55.7 cm³/mol. The Balaban J connectivity index is 2.08. The van der Waals surface area contributed by atoms with Crippen LogP contribution in [0.5, 0.6) is 0 Å². The van der Waals surface area contributed by atoms with E-state index in [4.69, 9.17) is 9.47 Å². The van der Waals surface area contributed by atoms with E-state index in [-0.39, 0.29) is 17.9 Å². The van der Waals surface area contributed by atoms with Gasteiger partial charge in [0.25, 0.3) is 0 Å². The van der Waals surface area contributed by atoms with Crippen molar-refractivity contribution in [3.05, 3.63) is 0 Å². The molecule has 2 atom stereocenters. The summed E-state index contributed by atoms with van der Waals surface area (Å²) in [6.45, 7) is 1.29. The normalized spacial score (nSPS) is 30.6. The van der Waals surface area contributed by atoms with Crippen molar-refractivity contribution in [2.45, 2.75) is 37.8 Å². The van der Waals surface area contributed by atoms with Crippen molar-refractivity contribution in [1.82, 2.24) is 4.90 Å². The monoisotopic (exact) mass is 227 g/mol. The third-order valence-electron chi connectivity index (χ3n) is 3.26. The highest BCUT2D eigenvalue weighted by molar-refractivity contribution is 5.88. The average Bonchev–Trinajstić information content (AvgIpc) is 2.71. The van der Waals surface area contributed by atoms with E-state index in [2.05, 4.69) is 0 Å². The lowest BCUT2D eigenvalue weighted by atomic mass is 10.1. The van der Waals surface area contributed by atoms with Gasteiger partial charge in [-0.1, -0.05) is 0 Å². The molecule has 0 aromatic heterocycles. The smallest absolute Gasteiger partial charge is 0.328 e. The predicted octanol–water partition coefficient (Wildman–Crippen LogP) is 0.329. The number of likely N-dealkylation sites (tertiary alicyclic amines) is 1. The largest absolute Gasteiger partial charge is 0.467 e. The van der Waals surface area contributed by atoms with E-state index in [1.165, 1.54) is 7.11 Å². The molecule has 5 nitrogen and oxygen atoms in total. The molecule has 0 spiro atoms. The van der Waals surface area contributed by atoms with E-state index >= 15 is 0 Å². The Morgan fingerprint density at radius 1 is 1.50 bits per heavy atom. The second kappa shape index (κ2) is 4.82. The van der Waals surface area contributed by atoms with Gasteiger partial charge in [0.15, 0.2) is 0 Å². The Morgan fingerprint density at radius 3 is 2.94 bits per heavy atom. The van der Waals surface area contributed by atoms with E-state index in [0.717, 1.165) is 19.4 Å². The number of hydrogen-bond donors (Lipinski definition) is 0. The Morgan fingerprint density at radius 2 is 2.31 bits per heavy atom. The van der Waals surface area contributed by atoms with Crippen molar-refractivity contribution in [2.24, 2.45) is 0 Å². The van der Waals surface area contributed by atoms with Gasteiger partial charge >= 0.3 is 5.97 Å². The number of rotatable bonds is 2. The molecule has 16 heavy (non-hydrogen) atoms. The number of amides is 1. The minimum absolute atomic E-state index is 0.0471. The van der Waals surface area contributed by atoms with Crippen LogP contribution in [-0.2, 0) is 19.1 Å². The van der Waals surface area contributed by atoms with Gasteiger partial charge in [0, 0.05) is 13.0 Å². The summed E-state index contributed by atoms with van der Waals surface area (Å²) in [5.74, 6) is -0.262. The molecule has 0 aromatic carbocycles. The van der Waals surface area contributed by atoms with E-state index in [1.807, 2.05) is 0 Å². The van der Waals surface area contributed by atoms with Crippen molar-refractivity contribution in [2.75, 3.05) is 20.3 Å². The molecular weight excluding hydrogens is 210 g/mol. The van der Waals surface area contributed by atoms with Gasteiger partial charge in [0.05, 0.1) is 19.8 Å². The minimum atomic E-state index is -0.399. The lowest BCUT2D eigenvalue weighted by Gasteiger charge is -2.34. The first kappa shape index (κ1) is 11.4. The van der Waals surface area contributed by atoms with Gasteiger partial charge in [-0.15, -0.1) is 0 Å². The molecule has 1 amide bonds. The average molecular weight is 227 g/mol. The molecule has 2 aliphatic heterocycles. The van der Waals surface area contributed by atoms with Gasteiger partial charge in [-0.3, -0.25) is 4.79 Å². The maximum atomic E-state index is 11.8. The molecule has 2 heterocycles. The van der Waals surface area contributed by atoms with Crippen LogP contribution in [0.4, 0.5) is 0 Å².